The number of hydrogen-bond acceptors (Lipinski definition) is 5. The molecule has 1 atom stereocenters. The highest BCUT2D eigenvalue weighted by Gasteiger charge is 2.18. The Morgan fingerprint density at radius 2 is 1.74 bits per heavy atom. The van der Waals surface area contributed by atoms with Crippen LogP contribution < -0.4 is 4.74 Å². The summed E-state index contributed by atoms with van der Waals surface area (Å²) in [6, 6.07) is 5.39. The molecule has 0 heterocycles. The maximum atomic E-state index is 13.2. The van der Waals surface area contributed by atoms with Gasteiger partial charge < -0.3 is 14.2 Å². The minimum Gasteiger partial charge on any atom is -0.425 e. The van der Waals surface area contributed by atoms with Gasteiger partial charge in [0, 0.05) is 6.92 Å². The Bertz CT molecular complexity index is 458. The highest BCUT2D eigenvalue weighted by molar-refractivity contribution is 5.72. The smallest absolute Gasteiger partial charge is 0.425 e. The van der Waals surface area contributed by atoms with Crippen molar-refractivity contribution in [1.82, 2.24) is 0 Å². The molecule has 0 saturated carbocycles. The molecule has 0 saturated heterocycles. The summed E-state index contributed by atoms with van der Waals surface area (Å²) in [6.07, 6.45) is -2.25. The number of benzene rings is 1. The monoisotopic (exact) mass is 270 g/mol. The maximum absolute atomic E-state index is 13.2. The van der Waals surface area contributed by atoms with Crippen LogP contribution in [0.4, 0.5) is 9.18 Å². The van der Waals surface area contributed by atoms with Gasteiger partial charge in [0.1, 0.15) is 0 Å². The van der Waals surface area contributed by atoms with Gasteiger partial charge in [-0.25, -0.2) is 9.18 Å². The van der Waals surface area contributed by atoms with E-state index in [4.69, 9.17) is 4.74 Å². The maximum Gasteiger partial charge on any atom is 0.517 e. The molecule has 0 bridgehead atoms. The molecule has 0 aliphatic heterocycles. The molecule has 1 unspecified atom stereocenters. The number of rotatable bonds is 4. The highest BCUT2D eigenvalue weighted by atomic mass is 19.1. The summed E-state index contributed by atoms with van der Waals surface area (Å²) >= 11 is 0. The first-order valence-corrected chi connectivity index (χ1v) is 5.73. The van der Waals surface area contributed by atoms with Gasteiger partial charge >= 0.3 is 12.1 Å². The zero-order chi connectivity index (χ0) is 14.4. The van der Waals surface area contributed by atoms with Gasteiger partial charge in [-0.05, 0) is 12.1 Å². The third-order valence-electron chi connectivity index (χ3n) is 2.05. The van der Waals surface area contributed by atoms with E-state index in [9.17, 15) is 14.0 Å². The van der Waals surface area contributed by atoms with Crippen molar-refractivity contribution in [3.63, 3.8) is 0 Å². The number of halogens is 1. The molecule has 5 nitrogen and oxygen atoms in total. The van der Waals surface area contributed by atoms with Gasteiger partial charge in [-0.15, -0.1) is 0 Å². The Morgan fingerprint density at radius 3 is 2.32 bits per heavy atom. The molecule has 1 aromatic rings. The first-order chi connectivity index (χ1) is 8.90. The van der Waals surface area contributed by atoms with E-state index in [1.807, 2.05) is 0 Å². The summed E-state index contributed by atoms with van der Waals surface area (Å²) in [7, 11) is 0. The van der Waals surface area contributed by atoms with Crippen molar-refractivity contribution in [1.29, 1.82) is 0 Å². The van der Waals surface area contributed by atoms with E-state index >= 15 is 0 Å². The number of hydrogen-bond donors (Lipinski definition) is 0. The molecular formula is C13H15FO5. The van der Waals surface area contributed by atoms with Crippen LogP contribution in [0.25, 0.3) is 0 Å². The van der Waals surface area contributed by atoms with E-state index in [0.717, 1.165) is 6.07 Å². The Labute approximate surface area is 110 Å². The molecule has 1 rings (SSSR count). The Morgan fingerprint density at radius 1 is 1.11 bits per heavy atom. The minimum absolute atomic E-state index is 0.255. The fourth-order valence-electron chi connectivity index (χ4n) is 1.10. The molecule has 0 fully saturated rings. The van der Waals surface area contributed by atoms with E-state index in [2.05, 4.69) is 9.47 Å². The highest BCUT2D eigenvalue weighted by Crippen LogP contribution is 2.16. The summed E-state index contributed by atoms with van der Waals surface area (Å²) in [5.41, 5.74) is 0. The van der Waals surface area contributed by atoms with Gasteiger partial charge in [0.05, 0.1) is 5.92 Å². The SMILES string of the molecule is CC(OC(=O)Oc1ccccc1F)OC(=O)C(C)C. The largest absolute Gasteiger partial charge is 0.517 e. The second-order valence-corrected chi connectivity index (χ2v) is 4.06. The third kappa shape index (κ3) is 4.95. The van der Waals surface area contributed by atoms with Crippen LogP contribution in [0.2, 0.25) is 0 Å². The first-order valence-electron chi connectivity index (χ1n) is 5.73. The van der Waals surface area contributed by atoms with E-state index in [0.29, 0.717) is 0 Å². The second kappa shape index (κ2) is 6.72. The molecule has 1 aromatic carbocycles. The molecule has 104 valence electrons. The third-order valence-corrected chi connectivity index (χ3v) is 2.05. The van der Waals surface area contributed by atoms with E-state index in [-0.39, 0.29) is 11.7 Å². The van der Waals surface area contributed by atoms with Crippen LogP contribution in [0.15, 0.2) is 24.3 Å². The topological polar surface area (TPSA) is 61.8 Å². The lowest BCUT2D eigenvalue weighted by molar-refractivity contribution is -0.170. The van der Waals surface area contributed by atoms with Gasteiger partial charge in [-0.2, -0.15) is 0 Å². The van der Waals surface area contributed by atoms with E-state index < -0.39 is 24.2 Å². The molecule has 6 heteroatoms. The van der Waals surface area contributed by atoms with Crippen molar-refractivity contribution < 1.29 is 28.2 Å². The average Bonchev–Trinajstić information content (AvgIpc) is 2.31. The quantitative estimate of drug-likeness (QED) is 0.478. The van der Waals surface area contributed by atoms with E-state index in [1.165, 1.54) is 25.1 Å². The number of para-hydroxylation sites is 1. The second-order valence-electron chi connectivity index (χ2n) is 4.06. The molecule has 19 heavy (non-hydrogen) atoms. The summed E-state index contributed by atoms with van der Waals surface area (Å²) in [4.78, 5) is 22.6. The molecule has 0 radical (unpaired) electrons. The van der Waals surface area contributed by atoms with Gasteiger partial charge in [0.15, 0.2) is 11.6 Å². The van der Waals surface area contributed by atoms with Crippen molar-refractivity contribution in [3.05, 3.63) is 30.1 Å². The molecule has 0 amide bonds. The van der Waals surface area contributed by atoms with Crippen molar-refractivity contribution in [3.8, 4) is 5.75 Å². The number of esters is 1. The fourth-order valence-corrected chi connectivity index (χ4v) is 1.10. The Hall–Kier alpha value is -2.11. The van der Waals surface area contributed by atoms with Crippen molar-refractivity contribution >= 4 is 12.1 Å². The van der Waals surface area contributed by atoms with Gasteiger partial charge in [-0.1, -0.05) is 26.0 Å². The standard InChI is InChI=1S/C13H15FO5/c1-8(2)12(15)17-9(3)18-13(16)19-11-7-5-4-6-10(11)14/h4-9H,1-3H3. The Balaban J connectivity index is 2.48. The normalized spacial score (nSPS) is 11.8. The van der Waals surface area contributed by atoms with Crippen LogP contribution in [0, 0.1) is 11.7 Å². The van der Waals surface area contributed by atoms with Gasteiger partial charge in [0.2, 0.25) is 6.29 Å². The fraction of sp³-hybridized carbons (Fsp3) is 0.385. The lowest BCUT2D eigenvalue weighted by Gasteiger charge is -2.15. The minimum atomic E-state index is -1.14. The Kier molecular flexibility index (Phi) is 5.29. The van der Waals surface area contributed by atoms with Crippen LogP contribution in [0.1, 0.15) is 20.8 Å². The molecule has 0 N–H and O–H groups in total. The first kappa shape index (κ1) is 14.9. The molecule has 0 aliphatic rings. The van der Waals surface area contributed by atoms with Gasteiger partial charge in [-0.3, -0.25) is 4.79 Å². The summed E-state index contributed by atoms with van der Waals surface area (Å²) < 4.78 is 27.3. The van der Waals surface area contributed by atoms with Crippen molar-refractivity contribution in [2.45, 2.75) is 27.1 Å². The summed E-state index contributed by atoms with van der Waals surface area (Å²) in [5, 5.41) is 0. The summed E-state index contributed by atoms with van der Waals surface area (Å²) in [6.45, 7) is 4.66. The van der Waals surface area contributed by atoms with E-state index in [1.54, 1.807) is 13.8 Å². The van der Waals surface area contributed by atoms with Crippen LogP contribution in [0.3, 0.4) is 0 Å². The molecule has 0 aliphatic carbocycles. The number of ether oxygens (including phenoxy) is 3. The van der Waals surface area contributed by atoms with Crippen molar-refractivity contribution in [2.75, 3.05) is 0 Å². The average molecular weight is 270 g/mol. The van der Waals surface area contributed by atoms with Crippen LogP contribution >= 0.6 is 0 Å². The lowest BCUT2D eigenvalue weighted by atomic mass is 10.2. The van der Waals surface area contributed by atoms with Crippen LogP contribution in [-0.4, -0.2) is 18.4 Å². The van der Waals surface area contributed by atoms with Crippen LogP contribution in [-0.2, 0) is 14.3 Å². The number of carbonyl (C=O) groups excluding carboxylic acids is 2. The van der Waals surface area contributed by atoms with Crippen molar-refractivity contribution in [2.24, 2.45) is 5.92 Å². The molecule has 0 aromatic heterocycles. The zero-order valence-electron chi connectivity index (χ0n) is 10.9. The molecular weight excluding hydrogens is 255 g/mol. The zero-order valence-corrected chi connectivity index (χ0v) is 10.9. The van der Waals surface area contributed by atoms with Crippen LogP contribution in [0.5, 0.6) is 5.75 Å². The predicted molar refractivity (Wildman–Crippen MR) is 63.9 cm³/mol. The summed E-state index contributed by atoms with van der Waals surface area (Å²) in [5.74, 6) is -1.79. The molecule has 0 spiro atoms. The predicted octanol–water partition coefficient (Wildman–Crippen LogP) is 2.89. The lowest BCUT2D eigenvalue weighted by Crippen LogP contribution is -2.25. The van der Waals surface area contributed by atoms with Gasteiger partial charge in [0.25, 0.3) is 0 Å². The number of carbonyl (C=O) groups is 2.